The molecule has 0 fully saturated rings. The molecule has 2 aromatic heterocycles. The van der Waals surface area contributed by atoms with Crippen molar-refractivity contribution in [3.05, 3.63) is 27.2 Å². The van der Waals surface area contributed by atoms with Gasteiger partial charge in [0, 0.05) is 20.6 Å². The SMILES string of the molecule is C[C@H](O)CCCn1c(=O)c2c(ncn2C)n(C)c1=O. The van der Waals surface area contributed by atoms with Gasteiger partial charge in [-0.1, -0.05) is 0 Å². The van der Waals surface area contributed by atoms with E-state index in [0.29, 0.717) is 30.6 Å². The zero-order valence-corrected chi connectivity index (χ0v) is 11.3. The van der Waals surface area contributed by atoms with E-state index >= 15 is 0 Å². The van der Waals surface area contributed by atoms with Gasteiger partial charge in [0.05, 0.1) is 12.4 Å². The summed E-state index contributed by atoms with van der Waals surface area (Å²) in [6.07, 6.45) is 2.22. The van der Waals surface area contributed by atoms with E-state index in [0.717, 1.165) is 0 Å². The molecule has 0 bridgehead atoms. The second-order valence-corrected chi connectivity index (χ2v) is 4.82. The van der Waals surface area contributed by atoms with Crippen LogP contribution in [0.25, 0.3) is 11.2 Å². The first-order valence-electron chi connectivity index (χ1n) is 6.22. The van der Waals surface area contributed by atoms with Crippen molar-refractivity contribution in [3.63, 3.8) is 0 Å². The molecule has 1 N–H and O–H groups in total. The van der Waals surface area contributed by atoms with Gasteiger partial charge in [-0.3, -0.25) is 13.9 Å². The fourth-order valence-electron chi connectivity index (χ4n) is 2.14. The number of hydrogen-bond acceptors (Lipinski definition) is 4. The second-order valence-electron chi connectivity index (χ2n) is 4.82. The lowest BCUT2D eigenvalue weighted by molar-refractivity contribution is 0.179. The smallest absolute Gasteiger partial charge is 0.332 e. The zero-order valence-electron chi connectivity index (χ0n) is 11.3. The van der Waals surface area contributed by atoms with Gasteiger partial charge in [-0.2, -0.15) is 0 Å². The Bertz CT molecular complexity index is 708. The molecule has 104 valence electrons. The van der Waals surface area contributed by atoms with Crippen molar-refractivity contribution in [2.24, 2.45) is 14.1 Å². The van der Waals surface area contributed by atoms with E-state index in [1.165, 1.54) is 15.5 Å². The summed E-state index contributed by atoms with van der Waals surface area (Å²) in [4.78, 5) is 28.4. The van der Waals surface area contributed by atoms with E-state index in [1.54, 1.807) is 25.6 Å². The highest BCUT2D eigenvalue weighted by molar-refractivity contribution is 5.69. The minimum Gasteiger partial charge on any atom is -0.393 e. The topological polar surface area (TPSA) is 82.1 Å². The number of nitrogens with zero attached hydrogens (tertiary/aromatic N) is 4. The van der Waals surface area contributed by atoms with Crippen LogP contribution in [0.15, 0.2) is 15.9 Å². The predicted octanol–water partition coefficient (Wildman–Crippen LogP) is -0.405. The summed E-state index contributed by atoms with van der Waals surface area (Å²) < 4.78 is 4.19. The van der Waals surface area contributed by atoms with Crippen LogP contribution in [0.4, 0.5) is 0 Å². The van der Waals surface area contributed by atoms with Gasteiger partial charge < -0.3 is 9.67 Å². The van der Waals surface area contributed by atoms with E-state index in [1.807, 2.05) is 0 Å². The van der Waals surface area contributed by atoms with Gasteiger partial charge in [-0.15, -0.1) is 0 Å². The molecule has 7 heteroatoms. The minimum absolute atomic E-state index is 0.303. The normalized spacial score (nSPS) is 13.1. The number of aromatic nitrogens is 4. The molecular formula is C12H18N4O3. The Morgan fingerprint density at radius 3 is 2.68 bits per heavy atom. The van der Waals surface area contributed by atoms with E-state index in [9.17, 15) is 14.7 Å². The van der Waals surface area contributed by atoms with Crippen molar-refractivity contribution < 1.29 is 5.11 Å². The van der Waals surface area contributed by atoms with E-state index in [-0.39, 0.29) is 11.2 Å². The van der Waals surface area contributed by atoms with Crippen molar-refractivity contribution in [3.8, 4) is 0 Å². The second kappa shape index (κ2) is 5.00. The third-order valence-electron chi connectivity index (χ3n) is 3.20. The van der Waals surface area contributed by atoms with Crippen LogP contribution in [0.5, 0.6) is 0 Å². The average molecular weight is 266 g/mol. The Labute approximate surface area is 109 Å². The summed E-state index contributed by atoms with van der Waals surface area (Å²) in [5, 5.41) is 9.22. The molecule has 0 saturated heterocycles. The molecule has 2 rings (SSSR count). The molecule has 0 amide bonds. The fraction of sp³-hybridized carbons (Fsp3) is 0.583. The minimum atomic E-state index is -0.431. The lowest BCUT2D eigenvalue weighted by Gasteiger charge is -2.09. The monoisotopic (exact) mass is 266 g/mol. The summed E-state index contributed by atoms with van der Waals surface area (Å²) in [6, 6.07) is 0. The Morgan fingerprint density at radius 2 is 2.05 bits per heavy atom. The summed E-state index contributed by atoms with van der Waals surface area (Å²) in [7, 11) is 3.32. The third kappa shape index (κ3) is 2.33. The molecule has 0 radical (unpaired) electrons. The van der Waals surface area contributed by atoms with E-state index in [4.69, 9.17) is 0 Å². The maximum absolute atomic E-state index is 12.3. The van der Waals surface area contributed by atoms with Crippen LogP contribution >= 0.6 is 0 Å². The molecular weight excluding hydrogens is 248 g/mol. The highest BCUT2D eigenvalue weighted by Crippen LogP contribution is 2.03. The molecule has 0 spiro atoms. The van der Waals surface area contributed by atoms with Gasteiger partial charge in [-0.25, -0.2) is 9.78 Å². The van der Waals surface area contributed by atoms with E-state index in [2.05, 4.69) is 4.98 Å². The van der Waals surface area contributed by atoms with Crippen molar-refractivity contribution in [1.29, 1.82) is 0 Å². The Morgan fingerprint density at radius 1 is 1.37 bits per heavy atom. The molecule has 0 aliphatic carbocycles. The summed E-state index contributed by atoms with van der Waals surface area (Å²) in [6.45, 7) is 1.99. The number of aliphatic hydroxyl groups is 1. The van der Waals surface area contributed by atoms with Crippen LogP contribution in [0.1, 0.15) is 19.8 Å². The molecule has 0 aromatic carbocycles. The molecule has 0 aliphatic rings. The quantitative estimate of drug-likeness (QED) is 0.816. The zero-order chi connectivity index (χ0) is 14.2. The number of imidazole rings is 1. The van der Waals surface area contributed by atoms with Crippen LogP contribution in [0, 0.1) is 0 Å². The maximum Gasteiger partial charge on any atom is 0.332 e. The molecule has 0 saturated carbocycles. The molecule has 2 heterocycles. The number of aryl methyl sites for hydroxylation is 2. The molecule has 0 unspecified atom stereocenters. The largest absolute Gasteiger partial charge is 0.393 e. The number of hydrogen-bond donors (Lipinski definition) is 1. The van der Waals surface area contributed by atoms with Gasteiger partial charge in [0.15, 0.2) is 11.2 Å². The number of rotatable bonds is 4. The standard InChI is InChI=1S/C12H18N4O3/c1-8(17)5-4-6-16-11(18)9-10(13-7-14(9)2)15(3)12(16)19/h7-8,17H,4-6H2,1-3H3/t8-/m0/s1. The molecule has 7 nitrogen and oxygen atoms in total. The van der Waals surface area contributed by atoms with Crippen molar-refractivity contribution >= 4 is 11.2 Å². The van der Waals surface area contributed by atoms with Crippen LogP contribution < -0.4 is 11.2 Å². The maximum atomic E-state index is 12.3. The summed E-state index contributed by atoms with van der Waals surface area (Å²) in [5.74, 6) is 0. The van der Waals surface area contributed by atoms with Gasteiger partial charge in [-0.05, 0) is 19.8 Å². The molecule has 2 aromatic rings. The Hall–Kier alpha value is -1.89. The Balaban J connectivity index is 2.52. The first-order valence-corrected chi connectivity index (χ1v) is 6.22. The summed E-state index contributed by atoms with van der Waals surface area (Å²) >= 11 is 0. The number of aliphatic hydroxyl groups excluding tert-OH is 1. The van der Waals surface area contributed by atoms with Crippen LogP contribution in [-0.4, -0.2) is 29.9 Å². The van der Waals surface area contributed by atoms with Gasteiger partial charge in [0.1, 0.15) is 0 Å². The van der Waals surface area contributed by atoms with E-state index < -0.39 is 6.10 Å². The molecule has 0 aliphatic heterocycles. The van der Waals surface area contributed by atoms with Crippen molar-refractivity contribution in [1.82, 2.24) is 18.7 Å². The molecule has 1 atom stereocenters. The average Bonchev–Trinajstić information content (AvgIpc) is 2.73. The summed E-state index contributed by atoms with van der Waals surface area (Å²) in [5.41, 5.74) is 0.105. The van der Waals surface area contributed by atoms with Crippen molar-refractivity contribution in [2.45, 2.75) is 32.4 Å². The van der Waals surface area contributed by atoms with Crippen LogP contribution in [-0.2, 0) is 20.6 Å². The highest BCUT2D eigenvalue weighted by Gasteiger charge is 2.14. The first-order chi connectivity index (χ1) is 8.93. The number of fused-ring (bicyclic) bond motifs is 1. The Kier molecular flexibility index (Phi) is 3.57. The van der Waals surface area contributed by atoms with Gasteiger partial charge in [0.25, 0.3) is 5.56 Å². The lowest BCUT2D eigenvalue weighted by atomic mass is 10.2. The predicted molar refractivity (Wildman–Crippen MR) is 71.1 cm³/mol. The third-order valence-corrected chi connectivity index (χ3v) is 3.20. The van der Waals surface area contributed by atoms with Crippen LogP contribution in [0.2, 0.25) is 0 Å². The lowest BCUT2D eigenvalue weighted by Crippen LogP contribution is -2.39. The highest BCUT2D eigenvalue weighted by atomic mass is 16.3. The van der Waals surface area contributed by atoms with Gasteiger partial charge in [0.2, 0.25) is 0 Å². The van der Waals surface area contributed by atoms with Gasteiger partial charge >= 0.3 is 5.69 Å². The first kappa shape index (κ1) is 13.5. The fourth-order valence-corrected chi connectivity index (χ4v) is 2.14. The van der Waals surface area contributed by atoms with Crippen molar-refractivity contribution in [2.75, 3.05) is 0 Å². The molecule has 19 heavy (non-hydrogen) atoms. The van der Waals surface area contributed by atoms with Crippen LogP contribution in [0.3, 0.4) is 0 Å².